The molecule has 4 atom stereocenters. The lowest BCUT2D eigenvalue weighted by molar-refractivity contribution is -0.158. The molecule has 0 amide bonds. The van der Waals surface area contributed by atoms with Gasteiger partial charge in [-0.25, -0.2) is 0 Å². The molecule has 2 aliphatic carbocycles. The van der Waals surface area contributed by atoms with E-state index in [1.165, 1.54) is 14.2 Å². The lowest BCUT2D eigenvalue weighted by Gasteiger charge is -2.34. The molecule has 2 fully saturated rings. The van der Waals surface area contributed by atoms with E-state index in [1.807, 2.05) is 60.7 Å². The summed E-state index contributed by atoms with van der Waals surface area (Å²) in [4.78, 5) is 58.4. The summed E-state index contributed by atoms with van der Waals surface area (Å²) in [6.45, 7) is -0.206. The number of hydrogen-bond acceptors (Lipinski definition) is 10. The fraction of sp³-hybridized carbons (Fsp3) is 0.282. The van der Waals surface area contributed by atoms with Crippen LogP contribution in [-0.2, 0) is 52.7 Å². The topological polar surface area (TPSA) is 124 Å². The molecule has 4 aromatic rings. The average Bonchev–Trinajstić information content (AvgIpc) is 3.81. The number of carbonyl (C=O) groups is 4. The third kappa shape index (κ3) is 5.10. The normalized spacial score (nSPS) is 23.6. The van der Waals surface area contributed by atoms with Gasteiger partial charge in [-0.15, -0.1) is 0 Å². The van der Waals surface area contributed by atoms with E-state index >= 15 is 0 Å². The largest absolute Gasteiger partial charge is 0.493 e. The van der Waals surface area contributed by atoms with Gasteiger partial charge in [0.2, 0.25) is 6.79 Å². The van der Waals surface area contributed by atoms with Gasteiger partial charge in [0.1, 0.15) is 13.2 Å². The molecule has 1 heterocycles. The number of Topliss-reactive ketones (excluding diaryl/α,β-unsaturated/α-hetero) is 2. The Morgan fingerprint density at radius 2 is 1.12 bits per heavy atom. The van der Waals surface area contributed by atoms with Crippen LogP contribution in [0.2, 0.25) is 0 Å². The molecule has 49 heavy (non-hydrogen) atoms. The summed E-state index contributed by atoms with van der Waals surface area (Å²) in [6.07, 6.45) is -0.528. The summed E-state index contributed by atoms with van der Waals surface area (Å²) >= 11 is 0. The first kappa shape index (κ1) is 31.9. The Morgan fingerprint density at radius 3 is 1.65 bits per heavy atom. The molecule has 10 heteroatoms. The monoisotopic (exact) mass is 662 g/mol. The van der Waals surface area contributed by atoms with Crippen molar-refractivity contribution in [2.45, 2.75) is 36.9 Å². The van der Waals surface area contributed by atoms with Crippen LogP contribution in [0.3, 0.4) is 0 Å². The first-order valence-corrected chi connectivity index (χ1v) is 16.0. The molecule has 0 N–H and O–H groups in total. The first-order valence-electron chi connectivity index (χ1n) is 16.0. The van der Waals surface area contributed by atoms with E-state index in [0.717, 1.165) is 11.1 Å². The van der Waals surface area contributed by atoms with Gasteiger partial charge >= 0.3 is 11.9 Å². The predicted octanol–water partition coefficient (Wildman–Crippen LogP) is 5.27. The number of hydrogen-bond donors (Lipinski definition) is 0. The van der Waals surface area contributed by atoms with E-state index in [9.17, 15) is 19.2 Å². The van der Waals surface area contributed by atoms with Crippen molar-refractivity contribution in [3.05, 3.63) is 119 Å². The highest BCUT2D eigenvalue weighted by Crippen LogP contribution is 2.62. The Balaban J connectivity index is 1.36. The molecule has 250 valence electrons. The van der Waals surface area contributed by atoms with Gasteiger partial charge in [0, 0.05) is 12.8 Å². The van der Waals surface area contributed by atoms with Crippen LogP contribution >= 0.6 is 0 Å². The zero-order chi connectivity index (χ0) is 34.2. The van der Waals surface area contributed by atoms with Crippen molar-refractivity contribution >= 4 is 23.5 Å². The molecular weight excluding hydrogens is 628 g/mol. The van der Waals surface area contributed by atoms with Crippen LogP contribution in [0.5, 0.6) is 23.0 Å². The molecule has 7 rings (SSSR count). The zero-order valence-electron chi connectivity index (χ0n) is 27.0. The Kier molecular flexibility index (Phi) is 8.32. The third-order valence-electron chi connectivity index (χ3n) is 10.0. The number of methoxy groups -OCH3 is 2. The summed E-state index contributed by atoms with van der Waals surface area (Å²) < 4.78 is 34.0. The van der Waals surface area contributed by atoms with Crippen LogP contribution < -0.4 is 18.9 Å². The molecule has 0 aromatic heterocycles. The van der Waals surface area contributed by atoms with Crippen molar-refractivity contribution in [1.82, 2.24) is 0 Å². The SMILES string of the molecule is COc1ccc([C@@]2(C(=O)OCc3ccccc3)C(=O)C[C@H]3[C@@H]2CC(=O)[C@]3(C(=O)OCc2ccccc2)c2ccc3c(c2)OCO3)cc1OC. The molecule has 0 bridgehead atoms. The van der Waals surface area contributed by atoms with Crippen molar-refractivity contribution in [2.24, 2.45) is 11.8 Å². The van der Waals surface area contributed by atoms with E-state index in [1.54, 1.807) is 36.4 Å². The lowest BCUT2D eigenvalue weighted by atomic mass is 9.67. The number of esters is 2. The highest BCUT2D eigenvalue weighted by Gasteiger charge is 2.74. The molecule has 10 nitrogen and oxygen atoms in total. The average molecular weight is 663 g/mol. The molecule has 3 aliphatic rings. The molecule has 0 unspecified atom stereocenters. The van der Waals surface area contributed by atoms with Crippen LogP contribution in [0.4, 0.5) is 0 Å². The maximum absolute atomic E-state index is 14.7. The number of benzene rings is 4. The van der Waals surface area contributed by atoms with Gasteiger partial charge in [0.15, 0.2) is 45.4 Å². The van der Waals surface area contributed by atoms with E-state index in [-0.39, 0.29) is 38.4 Å². The van der Waals surface area contributed by atoms with E-state index in [2.05, 4.69) is 0 Å². The van der Waals surface area contributed by atoms with Gasteiger partial charge < -0.3 is 28.4 Å². The first-order chi connectivity index (χ1) is 23.8. The lowest BCUT2D eigenvalue weighted by Crippen LogP contribution is -2.48. The third-order valence-corrected chi connectivity index (χ3v) is 10.0. The maximum atomic E-state index is 14.7. The van der Waals surface area contributed by atoms with E-state index in [4.69, 9.17) is 28.4 Å². The Morgan fingerprint density at radius 1 is 0.633 bits per heavy atom. The second-order valence-electron chi connectivity index (χ2n) is 12.3. The molecule has 1 aliphatic heterocycles. The minimum absolute atomic E-state index is 0.0155. The molecule has 0 spiro atoms. The number of ketones is 2. The van der Waals surface area contributed by atoms with Crippen LogP contribution in [0.15, 0.2) is 97.1 Å². The predicted molar refractivity (Wildman–Crippen MR) is 174 cm³/mol. The fourth-order valence-corrected chi connectivity index (χ4v) is 7.74. The number of rotatable bonds is 10. The minimum atomic E-state index is -1.94. The van der Waals surface area contributed by atoms with Crippen molar-refractivity contribution in [2.75, 3.05) is 21.0 Å². The van der Waals surface area contributed by atoms with Crippen LogP contribution in [0, 0.1) is 11.8 Å². The second-order valence-corrected chi connectivity index (χ2v) is 12.3. The molecule has 0 saturated heterocycles. The van der Waals surface area contributed by atoms with Crippen LogP contribution in [0.1, 0.15) is 35.1 Å². The van der Waals surface area contributed by atoms with Crippen LogP contribution in [-0.4, -0.2) is 44.5 Å². The summed E-state index contributed by atoms with van der Waals surface area (Å²) in [6, 6.07) is 27.9. The van der Waals surface area contributed by atoms with Crippen molar-refractivity contribution in [1.29, 1.82) is 0 Å². The molecule has 4 aromatic carbocycles. The van der Waals surface area contributed by atoms with Gasteiger partial charge in [0.05, 0.1) is 14.2 Å². The highest BCUT2D eigenvalue weighted by atomic mass is 16.7. The molecule has 2 saturated carbocycles. The number of fused-ring (bicyclic) bond motifs is 2. The van der Waals surface area contributed by atoms with Gasteiger partial charge in [-0.05, 0) is 58.4 Å². The van der Waals surface area contributed by atoms with Gasteiger partial charge in [-0.2, -0.15) is 0 Å². The summed E-state index contributed by atoms with van der Waals surface area (Å²) in [7, 11) is 2.93. The van der Waals surface area contributed by atoms with Gasteiger partial charge in [0.25, 0.3) is 0 Å². The fourth-order valence-electron chi connectivity index (χ4n) is 7.74. The van der Waals surface area contributed by atoms with E-state index < -0.39 is 46.2 Å². The Labute approximate surface area is 282 Å². The highest BCUT2D eigenvalue weighted by molar-refractivity contribution is 6.19. The van der Waals surface area contributed by atoms with Crippen molar-refractivity contribution in [3.63, 3.8) is 0 Å². The standard InChI is InChI=1S/C39H34O10/c1-44-30-15-13-26(17-32(30)45-2)38(36(42)46-21-24-9-5-3-6-10-24)28-19-35(41)39(29(28)20-34(38)40,27-14-16-31-33(18-27)49-23-48-31)37(43)47-22-25-11-7-4-8-12-25/h3-18,28-29H,19-23H2,1-2H3/t28-,29-,38-,39-/m0/s1. The Hall–Kier alpha value is -5.64. The number of carbonyl (C=O) groups excluding carboxylic acids is 4. The van der Waals surface area contributed by atoms with Gasteiger partial charge in [-0.3, -0.25) is 19.2 Å². The minimum Gasteiger partial charge on any atom is -0.493 e. The maximum Gasteiger partial charge on any atom is 0.324 e. The van der Waals surface area contributed by atoms with Crippen molar-refractivity contribution < 1.29 is 47.6 Å². The van der Waals surface area contributed by atoms with E-state index in [0.29, 0.717) is 28.6 Å². The van der Waals surface area contributed by atoms with Crippen molar-refractivity contribution in [3.8, 4) is 23.0 Å². The van der Waals surface area contributed by atoms with Gasteiger partial charge in [-0.1, -0.05) is 72.8 Å². The quantitative estimate of drug-likeness (QED) is 0.164. The number of ether oxygens (including phenoxy) is 6. The molecule has 0 radical (unpaired) electrons. The summed E-state index contributed by atoms with van der Waals surface area (Å²) in [5, 5.41) is 0. The summed E-state index contributed by atoms with van der Waals surface area (Å²) in [5.41, 5.74) is -1.82. The van der Waals surface area contributed by atoms with Crippen LogP contribution in [0.25, 0.3) is 0 Å². The second kappa shape index (κ2) is 12.8. The summed E-state index contributed by atoms with van der Waals surface area (Å²) in [5.74, 6) is -2.95. The zero-order valence-corrected chi connectivity index (χ0v) is 27.0. The molecular formula is C39H34O10. The Bertz CT molecular complexity index is 1920. The smallest absolute Gasteiger partial charge is 0.324 e.